The van der Waals surface area contributed by atoms with Crippen molar-refractivity contribution in [1.29, 1.82) is 0 Å². The van der Waals surface area contributed by atoms with Gasteiger partial charge < -0.3 is 15.4 Å². The summed E-state index contributed by atoms with van der Waals surface area (Å²) in [6, 6.07) is 12.7. The summed E-state index contributed by atoms with van der Waals surface area (Å²) in [5.74, 6) is 0.0951. The summed E-state index contributed by atoms with van der Waals surface area (Å²) in [5, 5.41) is 6.41. The van der Waals surface area contributed by atoms with Crippen LogP contribution in [0.15, 0.2) is 42.5 Å². The molecule has 3 rings (SSSR count). The molecular weight excluding hydrogens is 378 g/mol. The molecule has 0 aromatic heterocycles. The van der Waals surface area contributed by atoms with E-state index in [1.54, 1.807) is 18.2 Å². The van der Waals surface area contributed by atoms with E-state index in [1.165, 1.54) is 0 Å². The number of nitrogens with zero attached hydrogens (tertiary/aromatic N) is 1. The Kier molecular flexibility index (Phi) is 6.54. The van der Waals surface area contributed by atoms with Crippen LogP contribution in [0.2, 0.25) is 5.02 Å². The number of carbonyl (C=O) groups is 2. The molecule has 0 aliphatic carbocycles. The molecule has 2 aromatic rings. The third kappa shape index (κ3) is 4.46. The minimum Gasteiger partial charge on any atom is -0.482 e. The number of fused-ring (bicyclic) bond motifs is 1. The van der Waals surface area contributed by atoms with Gasteiger partial charge in [0.1, 0.15) is 5.75 Å². The van der Waals surface area contributed by atoms with Gasteiger partial charge in [0.05, 0.1) is 11.7 Å². The molecule has 1 aliphatic heterocycles. The van der Waals surface area contributed by atoms with Gasteiger partial charge in [-0.25, -0.2) is 0 Å². The molecule has 0 fully saturated rings. The maximum Gasteiger partial charge on any atom is 0.262 e. The lowest BCUT2D eigenvalue weighted by Gasteiger charge is -2.31. The fraction of sp³-hybridized carbons (Fsp3) is 0.333. The summed E-state index contributed by atoms with van der Waals surface area (Å²) < 4.78 is 5.39. The molecule has 2 aromatic carbocycles. The van der Waals surface area contributed by atoms with Crippen molar-refractivity contribution in [2.75, 3.05) is 31.6 Å². The highest BCUT2D eigenvalue weighted by Gasteiger charge is 2.22. The van der Waals surface area contributed by atoms with Crippen LogP contribution in [-0.4, -0.2) is 43.0 Å². The summed E-state index contributed by atoms with van der Waals surface area (Å²) in [6.07, 6.45) is 0. The molecule has 2 N–H and O–H groups in total. The predicted molar refractivity (Wildman–Crippen MR) is 110 cm³/mol. The first kappa shape index (κ1) is 20.2. The quantitative estimate of drug-likeness (QED) is 0.745. The predicted octanol–water partition coefficient (Wildman–Crippen LogP) is 3.48. The number of carbonyl (C=O) groups excluding carboxylic acids is 2. The number of nitrogens with one attached hydrogen (secondary N) is 2. The zero-order valence-corrected chi connectivity index (χ0v) is 16.8. The van der Waals surface area contributed by atoms with Gasteiger partial charge in [0.2, 0.25) is 0 Å². The molecule has 1 atom stereocenters. The normalized spacial score (nSPS) is 14.1. The lowest BCUT2D eigenvalue weighted by atomic mass is 10.0. The number of ether oxygens (including phenoxy) is 1. The summed E-state index contributed by atoms with van der Waals surface area (Å²) in [7, 11) is 0. The lowest BCUT2D eigenvalue weighted by molar-refractivity contribution is -0.118. The van der Waals surface area contributed by atoms with Gasteiger partial charge >= 0.3 is 0 Å². The van der Waals surface area contributed by atoms with Crippen molar-refractivity contribution in [3.63, 3.8) is 0 Å². The Bertz CT molecular complexity index is 868. The molecule has 0 bridgehead atoms. The fourth-order valence-corrected chi connectivity index (χ4v) is 3.61. The van der Waals surface area contributed by atoms with Crippen LogP contribution in [0.5, 0.6) is 5.75 Å². The molecular formula is C21H24ClN3O3. The highest BCUT2D eigenvalue weighted by atomic mass is 35.5. The van der Waals surface area contributed by atoms with E-state index in [0.717, 1.165) is 18.7 Å². The van der Waals surface area contributed by atoms with Crippen molar-refractivity contribution in [3.05, 3.63) is 58.6 Å². The van der Waals surface area contributed by atoms with Gasteiger partial charge in [-0.3, -0.25) is 14.5 Å². The monoisotopic (exact) mass is 401 g/mol. The standard InChI is InChI=1S/C21H24ClN3O3/c1-3-25(4-2)18(15-7-5-6-8-16(15)22)12-23-21(27)14-9-10-17-19(11-14)28-13-20(26)24-17/h5-11,18H,3-4,12-13H2,1-2H3,(H,23,27)(H,24,26)/t18-/m0/s1. The Hall–Kier alpha value is -2.57. The summed E-state index contributed by atoms with van der Waals surface area (Å²) in [6.45, 7) is 6.24. The molecule has 148 valence electrons. The SMILES string of the molecule is CCN(CC)[C@@H](CNC(=O)c1ccc2c(c1)OCC(=O)N2)c1ccccc1Cl. The highest BCUT2D eigenvalue weighted by molar-refractivity contribution is 6.31. The van der Waals surface area contributed by atoms with Gasteiger partial charge in [-0.05, 0) is 42.9 Å². The third-order valence-electron chi connectivity index (χ3n) is 4.85. The minimum absolute atomic E-state index is 0.0270. The Labute approximate surface area is 169 Å². The van der Waals surface area contributed by atoms with Gasteiger partial charge in [0, 0.05) is 17.1 Å². The van der Waals surface area contributed by atoms with Crippen LogP contribution in [0.3, 0.4) is 0 Å². The molecule has 0 saturated heterocycles. The zero-order chi connectivity index (χ0) is 20.1. The number of likely N-dealkylation sites (N-methyl/N-ethyl adjacent to an activating group) is 1. The van der Waals surface area contributed by atoms with Crippen LogP contribution in [0.25, 0.3) is 0 Å². The fourth-order valence-electron chi connectivity index (χ4n) is 3.35. The van der Waals surface area contributed by atoms with E-state index in [9.17, 15) is 9.59 Å². The van der Waals surface area contributed by atoms with Gasteiger partial charge in [-0.15, -0.1) is 0 Å². The van der Waals surface area contributed by atoms with Crippen molar-refractivity contribution < 1.29 is 14.3 Å². The first-order valence-corrected chi connectivity index (χ1v) is 9.74. The molecule has 2 amide bonds. The summed E-state index contributed by atoms with van der Waals surface area (Å²) >= 11 is 6.41. The van der Waals surface area contributed by atoms with E-state index in [0.29, 0.717) is 28.6 Å². The Morgan fingerprint density at radius 3 is 2.71 bits per heavy atom. The first-order chi connectivity index (χ1) is 13.5. The van der Waals surface area contributed by atoms with Crippen LogP contribution in [0.4, 0.5) is 5.69 Å². The molecule has 0 radical (unpaired) electrons. The van der Waals surface area contributed by atoms with E-state index >= 15 is 0 Å². The van der Waals surface area contributed by atoms with Gasteiger partial charge in [0.15, 0.2) is 6.61 Å². The second kappa shape index (κ2) is 9.08. The molecule has 1 heterocycles. The number of amides is 2. The first-order valence-electron chi connectivity index (χ1n) is 9.36. The second-order valence-electron chi connectivity index (χ2n) is 6.52. The van der Waals surface area contributed by atoms with Crippen molar-refractivity contribution in [1.82, 2.24) is 10.2 Å². The number of rotatable bonds is 7. The number of halogens is 1. The van der Waals surface area contributed by atoms with Gasteiger partial charge in [0.25, 0.3) is 11.8 Å². The summed E-state index contributed by atoms with van der Waals surface area (Å²) in [4.78, 5) is 26.3. The van der Waals surface area contributed by atoms with Gasteiger partial charge in [-0.2, -0.15) is 0 Å². The van der Waals surface area contributed by atoms with Crippen molar-refractivity contribution in [2.45, 2.75) is 19.9 Å². The molecule has 0 saturated carbocycles. The smallest absolute Gasteiger partial charge is 0.262 e. The topological polar surface area (TPSA) is 70.7 Å². The van der Waals surface area contributed by atoms with E-state index in [4.69, 9.17) is 16.3 Å². The molecule has 1 aliphatic rings. The lowest BCUT2D eigenvalue weighted by Crippen LogP contribution is -2.38. The average Bonchev–Trinajstić information content (AvgIpc) is 2.71. The number of benzene rings is 2. The zero-order valence-electron chi connectivity index (χ0n) is 16.0. The van der Waals surface area contributed by atoms with Crippen LogP contribution in [0, 0.1) is 0 Å². The van der Waals surface area contributed by atoms with Crippen LogP contribution >= 0.6 is 11.6 Å². The number of hydrogen-bond acceptors (Lipinski definition) is 4. The van der Waals surface area contributed by atoms with Crippen LogP contribution in [-0.2, 0) is 4.79 Å². The van der Waals surface area contributed by atoms with E-state index in [2.05, 4.69) is 29.4 Å². The van der Waals surface area contributed by atoms with Gasteiger partial charge in [-0.1, -0.05) is 43.6 Å². The minimum atomic E-state index is -0.202. The molecule has 7 heteroatoms. The molecule has 28 heavy (non-hydrogen) atoms. The maximum atomic E-state index is 12.7. The molecule has 6 nitrogen and oxygen atoms in total. The average molecular weight is 402 g/mol. The molecule has 0 spiro atoms. The van der Waals surface area contributed by atoms with Crippen LogP contribution in [0.1, 0.15) is 35.8 Å². The van der Waals surface area contributed by atoms with E-state index in [1.807, 2.05) is 24.3 Å². The van der Waals surface area contributed by atoms with E-state index in [-0.39, 0.29) is 24.5 Å². The number of hydrogen-bond donors (Lipinski definition) is 2. The highest BCUT2D eigenvalue weighted by Crippen LogP contribution is 2.29. The Morgan fingerprint density at radius 2 is 2.00 bits per heavy atom. The van der Waals surface area contributed by atoms with Crippen molar-refractivity contribution in [2.24, 2.45) is 0 Å². The second-order valence-corrected chi connectivity index (χ2v) is 6.92. The van der Waals surface area contributed by atoms with Crippen molar-refractivity contribution >= 4 is 29.1 Å². The van der Waals surface area contributed by atoms with Crippen molar-refractivity contribution in [3.8, 4) is 5.75 Å². The number of anilines is 1. The largest absolute Gasteiger partial charge is 0.482 e. The third-order valence-corrected chi connectivity index (χ3v) is 5.19. The van der Waals surface area contributed by atoms with E-state index < -0.39 is 0 Å². The Balaban J connectivity index is 1.75. The molecule has 0 unspecified atom stereocenters. The summed E-state index contributed by atoms with van der Waals surface area (Å²) in [5.41, 5.74) is 2.04. The maximum absolute atomic E-state index is 12.7. The Morgan fingerprint density at radius 1 is 1.25 bits per heavy atom. The van der Waals surface area contributed by atoms with Crippen LogP contribution < -0.4 is 15.4 Å².